The van der Waals surface area contributed by atoms with E-state index in [0.29, 0.717) is 16.3 Å². The Bertz CT molecular complexity index is 808. The Balaban J connectivity index is 2.07. The summed E-state index contributed by atoms with van der Waals surface area (Å²) >= 11 is 12.0. The van der Waals surface area contributed by atoms with Gasteiger partial charge >= 0.3 is 0 Å². The van der Waals surface area contributed by atoms with Crippen LogP contribution in [0.1, 0.15) is 15.9 Å². The number of anilines is 1. The van der Waals surface area contributed by atoms with Crippen LogP contribution < -0.4 is 5.32 Å². The van der Waals surface area contributed by atoms with Crippen LogP contribution in [0.25, 0.3) is 0 Å². The van der Waals surface area contributed by atoms with Gasteiger partial charge < -0.3 is 5.32 Å². The fourth-order valence-corrected chi connectivity index (χ4v) is 2.53. The molecule has 0 fully saturated rings. The molecule has 0 saturated heterocycles. The van der Waals surface area contributed by atoms with Crippen LogP contribution in [0, 0.1) is 10.1 Å². The van der Waals surface area contributed by atoms with E-state index >= 15 is 0 Å². The van der Waals surface area contributed by atoms with E-state index in [1.165, 1.54) is 18.2 Å². The molecule has 0 aliphatic heterocycles. The molecule has 24 heavy (non-hydrogen) atoms. The monoisotopic (exact) mass is 366 g/mol. The summed E-state index contributed by atoms with van der Waals surface area (Å²) in [4.78, 5) is 33.4. The molecule has 2 aromatic rings. The molecule has 2 aromatic carbocycles. The molecule has 8 heteroatoms. The Labute approximate surface area is 147 Å². The second kappa shape index (κ2) is 7.90. The number of nitrogens with one attached hydrogen (secondary N) is 1. The molecule has 2 rings (SSSR count). The topological polar surface area (TPSA) is 89.3 Å². The zero-order chi connectivity index (χ0) is 17.7. The Morgan fingerprint density at radius 1 is 1.08 bits per heavy atom. The lowest BCUT2D eigenvalue weighted by Gasteiger charge is -2.08. The number of hydrogen-bond acceptors (Lipinski definition) is 4. The van der Waals surface area contributed by atoms with Crippen LogP contribution in [-0.2, 0) is 11.2 Å². The highest BCUT2D eigenvalue weighted by molar-refractivity contribution is 6.34. The molecule has 0 saturated carbocycles. The SMILES string of the molecule is O=C(Cc1ccccc1Cl)Nc1ccc(C(=O)C[N+](=O)[O-])c(Cl)c1. The summed E-state index contributed by atoms with van der Waals surface area (Å²) in [5, 5.41) is 13.6. The molecule has 6 nitrogen and oxygen atoms in total. The number of nitro groups is 1. The van der Waals surface area contributed by atoms with Crippen molar-refractivity contribution >= 4 is 40.6 Å². The van der Waals surface area contributed by atoms with Gasteiger partial charge in [0.05, 0.1) is 11.4 Å². The Hall–Kier alpha value is -2.44. The summed E-state index contributed by atoms with van der Waals surface area (Å²) in [6, 6.07) is 11.2. The summed E-state index contributed by atoms with van der Waals surface area (Å²) in [5.41, 5.74) is 1.10. The minimum atomic E-state index is -0.835. The quantitative estimate of drug-likeness (QED) is 0.480. The molecule has 1 N–H and O–H groups in total. The summed E-state index contributed by atoms with van der Waals surface area (Å²) in [6.07, 6.45) is 0.0826. The van der Waals surface area contributed by atoms with Crippen LogP contribution in [0.2, 0.25) is 10.0 Å². The van der Waals surface area contributed by atoms with E-state index in [4.69, 9.17) is 23.2 Å². The molecule has 1 amide bonds. The smallest absolute Gasteiger partial charge is 0.265 e. The molecular formula is C16H12Cl2N2O4. The first-order chi connectivity index (χ1) is 11.4. The average Bonchev–Trinajstić information content (AvgIpc) is 2.48. The number of hydrogen-bond donors (Lipinski definition) is 1. The number of rotatable bonds is 6. The number of amides is 1. The van der Waals surface area contributed by atoms with E-state index in [-0.39, 0.29) is 22.9 Å². The van der Waals surface area contributed by atoms with Gasteiger partial charge in [-0.2, -0.15) is 0 Å². The van der Waals surface area contributed by atoms with Gasteiger partial charge in [0.25, 0.3) is 6.54 Å². The number of halogens is 2. The number of benzene rings is 2. The first kappa shape index (κ1) is 17.9. The number of carbonyl (C=O) groups is 2. The van der Waals surface area contributed by atoms with Crippen molar-refractivity contribution in [3.63, 3.8) is 0 Å². The molecule has 0 bridgehead atoms. The maximum atomic E-state index is 12.0. The van der Waals surface area contributed by atoms with E-state index in [2.05, 4.69) is 5.32 Å². The highest BCUT2D eigenvalue weighted by Gasteiger charge is 2.16. The van der Waals surface area contributed by atoms with Crippen molar-refractivity contribution in [2.75, 3.05) is 11.9 Å². The molecule has 0 heterocycles. The molecule has 0 radical (unpaired) electrons. The van der Waals surface area contributed by atoms with Gasteiger partial charge in [0.15, 0.2) is 0 Å². The predicted molar refractivity (Wildman–Crippen MR) is 91.4 cm³/mol. The number of ketones is 1. The van der Waals surface area contributed by atoms with Crippen LogP contribution in [0.3, 0.4) is 0 Å². The Kier molecular flexibility index (Phi) is 5.89. The highest BCUT2D eigenvalue weighted by atomic mass is 35.5. The predicted octanol–water partition coefficient (Wildman–Crippen LogP) is 3.63. The summed E-state index contributed by atoms with van der Waals surface area (Å²) in [5.74, 6) is -0.998. The third kappa shape index (κ3) is 4.78. The van der Waals surface area contributed by atoms with E-state index in [9.17, 15) is 19.7 Å². The minimum Gasteiger partial charge on any atom is -0.326 e. The number of carbonyl (C=O) groups excluding carboxylic acids is 2. The lowest BCUT2D eigenvalue weighted by atomic mass is 10.1. The third-order valence-corrected chi connectivity index (χ3v) is 3.82. The summed E-state index contributed by atoms with van der Waals surface area (Å²) in [6.45, 7) is -0.835. The zero-order valence-electron chi connectivity index (χ0n) is 12.3. The normalized spacial score (nSPS) is 10.2. The van der Waals surface area contributed by atoms with Gasteiger partial charge in [-0.1, -0.05) is 41.4 Å². The molecule has 0 aromatic heterocycles. The molecule has 0 aliphatic rings. The van der Waals surface area contributed by atoms with Gasteiger partial charge in [-0.25, -0.2) is 0 Å². The lowest BCUT2D eigenvalue weighted by Crippen LogP contribution is -2.16. The van der Waals surface area contributed by atoms with E-state index in [1.807, 2.05) is 0 Å². The van der Waals surface area contributed by atoms with Crippen molar-refractivity contribution in [2.45, 2.75) is 6.42 Å². The van der Waals surface area contributed by atoms with Crippen molar-refractivity contribution in [2.24, 2.45) is 0 Å². The Morgan fingerprint density at radius 2 is 1.79 bits per heavy atom. The van der Waals surface area contributed by atoms with Crippen molar-refractivity contribution in [1.29, 1.82) is 0 Å². The minimum absolute atomic E-state index is 0.0393. The fraction of sp³-hybridized carbons (Fsp3) is 0.125. The van der Waals surface area contributed by atoms with Gasteiger partial charge in [0, 0.05) is 21.2 Å². The molecular weight excluding hydrogens is 355 g/mol. The van der Waals surface area contributed by atoms with Gasteiger partial charge in [0.2, 0.25) is 11.7 Å². The molecule has 0 atom stereocenters. The largest absolute Gasteiger partial charge is 0.326 e. The third-order valence-electron chi connectivity index (χ3n) is 3.13. The second-order valence-corrected chi connectivity index (χ2v) is 5.74. The van der Waals surface area contributed by atoms with Crippen LogP contribution >= 0.6 is 23.2 Å². The standard InChI is InChI=1S/C16H12Cl2N2O4/c17-13-4-2-1-3-10(13)7-16(22)19-11-5-6-12(14(18)8-11)15(21)9-20(23)24/h1-6,8H,7,9H2,(H,19,22). The first-order valence-corrected chi connectivity index (χ1v) is 7.60. The van der Waals surface area contributed by atoms with Crippen LogP contribution in [0.5, 0.6) is 0 Å². The Morgan fingerprint density at radius 3 is 2.42 bits per heavy atom. The van der Waals surface area contributed by atoms with E-state index in [1.54, 1.807) is 24.3 Å². The van der Waals surface area contributed by atoms with Crippen molar-refractivity contribution < 1.29 is 14.5 Å². The van der Waals surface area contributed by atoms with Crippen LogP contribution in [0.15, 0.2) is 42.5 Å². The maximum absolute atomic E-state index is 12.0. The summed E-state index contributed by atoms with van der Waals surface area (Å²) in [7, 11) is 0. The second-order valence-electron chi connectivity index (χ2n) is 4.93. The van der Waals surface area contributed by atoms with Crippen molar-refractivity contribution in [3.8, 4) is 0 Å². The van der Waals surface area contributed by atoms with Crippen molar-refractivity contribution in [3.05, 3.63) is 73.8 Å². The zero-order valence-corrected chi connectivity index (χ0v) is 13.8. The first-order valence-electron chi connectivity index (χ1n) is 6.84. The molecule has 124 valence electrons. The lowest BCUT2D eigenvalue weighted by molar-refractivity contribution is -0.465. The highest BCUT2D eigenvalue weighted by Crippen LogP contribution is 2.22. The van der Waals surface area contributed by atoms with Crippen LogP contribution in [0.4, 0.5) is 5.69 Å². The molecule has 0 aliphatic carbocycles. The number of Topliss-reactive ketones (excluding diaryl/α,β-unsaturated/α-hetero) is 1. The molecule has 0 spiro atoms. The van der Waals surface area contributed by atoms with Gasteiger partial charge in [-0.15, -0.1) is 0 Å². The van der Waals surface area contributed by atoms with Gasteiger partial charge in [0.1, 0.15) is 0 Å². The fourth-order valence-electron chi connectivity index (χ4n) is 2.04. The van der Waals surface area contributed by atoms with Crippen LogP contribution in [-0.4, -0.2) is 23.2 Å². The van der Waals surface area contributed by atoms with E-state index < -0.39 is 17.3 Å². The maximum Gasteiger partial charge on any atom is 0.265 e. The van der Waals surface area contributed by atoms with E-state index in [0.717, 1.165) is 0 Å². The summed E-state index contributed by atoms with van der Waals surface area (Å²) < 4.78 is 0. The van der Waals surface area contributed by atoms with Gasteiger partial charge in [-0.3, -0.25) is 19.7 Å². The number of nitrogens with zero attached hydrogens (tertiary/aromatic N) is 1. The average molecular weight is 367 g/mol. The molecule has 0 unspecified atom stereocenters. The van der Waals surface area contributed by atoms with Gasteiger partial charge in [-0.05, 0) is 29.8 Å². The van der Waals surface area contributed by atoms with Crippen molar-refractivity contribution in [1.82, 2.24) is 0 Å².